The number of likely N-dealkylation sites (tertiary alicyclic amines) is 1. The van der Waals surface area contributed by atoms with Crippen molar-refractivity contribution in [3.05, 3.63) is 101 Å². The van der Waals surface area contributed by atoms with E-state index in [1.807, 2.05) is 12.1 Å². The molecule has 8 nitrogen and oxygen atoms in total. The Balaban J connectivity index is 1.48. The summed E-state index contributed by atoms with van der Waals surface area (Å²) in [7, 11) is 3.38. The number of allylic oxidation sites excluding steroid dienone is 1. The number of carbonyl (C=O) groups excluding carboxylic acids is 1. The number of benzene rings is 2. The number of halogens is 4. The van der Waals surface area contributed by atoms with Gasteiger partial charge < -0.3 is 9.64 Å². The van der Waals surface area contributed by atoms with E-state index in [0.717, 1.165) is 19.4 Å². The fourth-order valence-electron chi connectivity index (χ4n) is 5.43. The highest BCUT2D eigenvalue weighted by Gasteiger charge is 2.32. The molecule has 1 aliphatic rings. The maximum absolute atomic E-state index is 14.5. The van der Waals surface area contributed by atoms with Crippen molar-refractivity contribution in [2.75, 3.05) is 33.7 Å². The molecule has 5 rings (SSSR count). The normalized spacial score (nSPS) is 16.3. The highest BCUT2D eigenvalue weighted by molar-refractivity contribution is 6.00. The molecule has 4 aromatic rings. The Morgan fingerprint density at radius 2 is 1.87 bits per heavy atom. The van der Waals surface area contributed by atoms with Gasteiger partial charge in [0.05, 0.1) is 29.0 Å². The fourth-order valence-corrected chi connectivity index (χ4v) is 5.43. The highest BCUT2D eigenvalue weighted by Crippen LogP contribution is 2.40. The summed E-state index contributed by atoms with van der Waals surface area (Å²) in [6.07, 6.45) is 0.509. The predicted molar refractivity (Wildman–Crippen MR) is 166 cm³/mol. The van der Waals surface area contributed by atoms with Gasteiger partial charge in [-0.15, -0.1) is 5.10 Å². The number of pyridine rings is 1. The number of aromatic amines is 1. The van der Waals surface area contributed by atoms with E-state index in [4.69, 9.17) is 4.74 Å². The molecule has 2 aromatic heterocycles. The number of piperidine rings is 1. The van der Waals surface area contributed by atoms with Crippen LogP contribution in [-0.4, -0.2) is 76.9 Å². The van der Waals surface area contributed by atoms with Crippen molar-refractivity contribution in [1.82, 2.24) is 25.0 Å². The van der Waals surface area contributed by atoms with E-state index in [-0.39, 0.29) is 34.1 Å². The first-order chi connectivity index (χ1) is 22.0. The van der Waals surface area contributed by atoms with E-state index in [1.165, 1.54) is 41.4 Å². The third-order valence-corrected chi connectivity index (χ3v) is 7.69. The molecule has 2 aromatic carbocycles. The lowest BCUT2D eigenvalue weighted by Crippen LogP contribution is -2.41. The molecule has 0 saturated carbocycles. The topological polar surface area (TPSA) is 98.1 Å². The van der Waals surface area contributed by atoms with Crippen LogP contribution >= 0.6 is 0 Å². The van der Waals surface area contributed by atoms with Crippen LogP contribution in [0.5, 0.6) is 5.88 Å². The first kappa shape index (κ1) is 32.4. The summed E-state index contributed by atoms with van der Waals surface area (Å²) >= 11 is 0. The van der Waals surface area contributed by atoms with Gasteiger partial charge in [-0.05, 0) is 72.0 Å². The number of nitrogens with zero attached hydrogens (tertiary/aromatic N) is 5. The Bertz CT molecular complexity index is 1790. The second-order valence-electron chi connectivity index (χ2n) is 11.3. The van der Waals surface area contributed by atoms with Crippen LogP contribution in [-0.2, 0) is 4.79 Å². The Labute approximate surface area is 263 Å². The summed E-state index contributed by atoms with van der Waals surface area (Å²) in [5.74, 6) is -0.537. The van der Waals surface area contributed by atoms with Crippen LogP contribution in [0.1, 0.15) is 41.5 Å². The predicted octanol–water partition coefficient (Wildman–Crippen LogP) is 6.37. The summed E-state index contributed by atoms with van der Waals surface area (Å²) in [5, 5.41) is 15.5. The second-order valence-corrected chi connectivity index (χ2v) is 11.3. The van der Waals surface area contributed by atoms with Crippen LogP contribution in [0, 0.1) is 17.3 Å². The lowest BCUT2D eigenvalue weighted by molar-refractivity contribution is -0.124. The molecule has 0 unspecified atom stereocenters. The van der Waals surface area contributed by atoms with Gasteiger partial charge in [0.25, 0.3) is 0 Å². The van der Waals surface area contributed by atoms with E-state index in [0.29, 0.717) is 41.2 Å². The number of alkyl halides is 3. The highest BCUT2D eigenvalue weighted by atomic mass is 19.4. The first-order valence-electron chi connectivity index (χ1n) is 14.7. The molecular formula is C34H32F4N6O2. The minimum absolute atomic E-state index is 0.0561. The van der Waals surface area contributed by atoms with Crippen LogP contribution in [0.3, 0.4) is 0 Å². The summed E-state index contributed by atoms with van der Waals surface area (Å²) < 4.78 is 62.9. The van der Waals surface area contributed by atoms with Crippen molar-refractivity contribution >= 4 is 28.0 Å². The number of carbonyl (C=O) groups is 1. The van der Waals surface area contributed by atoms with Gasteiger partial charge in [-0.2, -0.15) is 22.8 Å². The van der Waals surface area contributed by atoms with Crippen molar-refractivity contribution < 1.29 is 27.1 Å². The Hall–Kier alpha value is -5.02. The lowest BCUT2D eigenvalue weighted by atomic mass is 9.87. The molecule has 1 aliphatic heterocycles. The SMILES string of the molecule is CN(C)C(=O)/C=C/CN1CCC[C@@H](Oc2ccc(/C(=C(/CC(F)(F)F)c3ccc(C#N)cc3)c3ccc4[nH]nc(F)c4c3)cn2)C1. The molecule has 0 bridgehead atoms. The lowest BCUT2D eigenvalue weighted by Gasteiger charge is -2.31. The average molecular weight is 633 g/mol. The zero-order valence-corrected chi connectivity index (χ0v) is 25.3. The molecule has 46 heavy (non-hydrogen) atoms. The summed E-state index contributed by atoms with van der Waals surface area (Å²) in [4.78, 5) is 20.0. The number of H-pyrrole nitrogens is 1. The summed E-state index contributed by atoms with van der Waals surface area (Å²) in [5.41, 5.74) is 1.85. The van der Waals surface area contributed by atoms with Crippen molar-refractivity contribution in [1.29, 1.82) is 5.26 Å². The Morgan fingerprint density at radius 1 is 1.13 bits per heavy atom. The van der Waals surface area contributed by atoms with E-state index in [2.05, 4.69) is 20.1 Å². The average Bonchev–Trinajstić information content (AvgIpc) is 3.41. The summed E-state index contributed by atoms with van der Waals surface area (Å²) in [6, 6.07) is 15.7. The molecule has 1 amide bonds. The largest absolute Gasteiger partial charge is 0.473 e. The van der Waals surface area contributed by atoms with E-state index in [9.17, 15) is 27.6 Å². The van der Waals surface area contributed by atoms with Crippen molar-refractivity contribution in [2.24, 2.45) is 0 Å². The summed E-state index contributed by atoms with van der Waals surface area (Å²) in [6.45, 7) is 2.08. The van der Waals surface area contributed by atoms with Crippen LogP contribution in [0.2, 0.25) is 0 Å². The van der Waals surface area contributed by atoms with Crippen LogP contribution in [0.15, 0.2) is 72.9 Å². The molecule has 238 valence electrons. The second kappa shape index (κ2) is 14.0. The molecule has 1 N–H and O–H groups in total. The molecule has 0 aliphatic carbocycles. The van der Waals surface area contributed by atoms with Gasteiger partial charge in [0.15, 0.2) is 0 Å². The number of hydrogen-bond acceptors (Lipinski definition) is 6. The van der Waals surface area contributed by atoms with Gasteiger partial charge in [0.2, 0.25) is 17.7 Å². The van der Waals surface area contributed by atoms with Gasteiger partial charge in [0.1, 0.15) is 6.10 Å². The van der Waals surface area contributed by atoms with Gasteiger partial charge in [-0.25, -0.2) is 4.98 Å². The number of fused-ring (bicyclic) bond motifs is 1. The maximum atomic E-state index is 14.5. The van der Waals surface area contributed by atoms with Crippen molar-refractivity contribution in [2.45, 2.75) is 31.5 Å². The minimum Gasteiger partial charge on any atom is -0.473 e. The quantitative estimate of drug-likeness (QED) is 0.131. The molecule has 1 atom stereocenters. The van der Waals surface area contributed by atoms with Gasteiger partial charge in [0, 0.05) is 51.1 Å². The van der Waals surface area contributed by atoms with E-state index < -0.39 is 18.5 Å². The molecular weight excluding hydrogens is 600 g/mol. The van der Waals surface area contributed by atoms with E-state index in [1.54, 1.807) is 44.4 Å². The van der Waals surface area contributed by atoms with Crippen LogP contribution in [0.4, 0.5) is 17.6 Å². The van der Waals surface area contributed by atoms with Gasteiger partial charge >= 0.3 is 6.18 Å². The number of aromatic nitrogens is 3. The number of hydrogen-bond donors (Lipinski definition) is 1. The maximum Gasteiger partial charge on any atom is 0.393 e. The molecule has 1 fully saturated rings. The zero-order valence-electron chi connectivity index (χ0n) is 25.3. The molecule has 3 heterocycles. The third kappa shape index (κ3) is 7.97. The van der Waals surface area contributed by atoms with Gasteiger partial charge in [-0.1, -0.05) is 24.3 Å². The standard InChI is InChI=1S/C34H32F4N6O2/c1-43(2)31(45)6-4-16-44-15-3-5-26(21-44)46-30-14-12-25(20-40-30)32(24-11-13-29-27(17-24)33(35)42-41-29)28(18-34(36,37)38)23-9-7-22(19-39)8-10-23/h4,6-14,17,20,26H,3,5,15-16,18,21H2,1-2H3,(H,41,42)/b6-4+,32-28-/t26-/m1/s1. The Morgan fingerprint density at radius 3 is 2.54 bits per heavy atom. The van der Waals surface area contributed by atoms with Crippen LogP contribution < -0.4 is 4.74 Å². The first-order valence-corrected chi connectivity index (χ1v) is 14.7. The smallest absolute Gasteiger partial charge is 0.393 e. The zero-order chi connectivity index (χ0) is 32.8. The molecule has 0 spiro atoms. The number of rotatable bonds is 9. The number of amides is 1. The monoisotopic (exact) mass is 632 g/mol. The number of ether oxygens (including phenoxy) is 1. The van der Waals surface area contributed by atoms with Crippen molar-refractivity contribution in [3.8, 4) is 11.9 Å². The molecule has 12 heteroatoms. The third-order valence-electron chi connectivity index (χ3n) is 7.69. The fraction of sp³-hybridized carbons (Fsp3) is 0.294. The number of likely N-dealkylation sites (N-methyl/N-ethyl adjacent to an activating group) is 1. The minimum atomic E-state index is -4.57. The molecule has 0 radical (unpaired) electrons. The van der Waals surface area contributed by atoms with E-state index >= 15 is 0 Å². The Kier molecular flexibility index (Phi) is 9.82. The van der Waals surface area contributed by atoms with Crippen LogP contribution in [0.25, 0.3) is 22.0 Å². The van der Waals surface area contributed by atoms with Gasteiger partial charge in [-0.3, -0.25) is 14.8 Å². The number of nitrogens with one attached hydrogen (secondary N) is 1. The van der Waals surface area contributed by atoms with Crippen molar-refractivity contribution in [3.63, 3.8) is 0 Å². The number of nitriles is 1. The molecule has 1 saturated heterocycles.